The van der Waals surface area contributed by atoms with Crippen molar-refractivity contribution in [1.29, 1.82) is 0 Å². The van der Waals surface area contributed by atoms with E-state index in [1.54, 1.807) is 29.6 Å². The van der Waals surface area contributed by atoms with Crippen LogP contribution in [0.3, 0.4) is 0 Å². The predicted molar refractivity (Wildman–Crippen MR) is 68.6 cm³/mol. The van der Waals surface area contributed by atoms with Crippen LogP contribution in [-0.2, 0) is 17.8 Å². The molecule has 1 aromatic heterocycles. The standard InChI is InChI=1S/C12H12N2O3S/c15-10-3-1-2-8(4-10)5-11(16)13-6-9-7-18-12(17)14-9/h1-4,7,15H,5-6H2,(H,13,16)(H,14,17). The number of hydrogen-bond donors (Lipinski definition) is 3. The van der Waals surface area contributed by atoms with Crippen molar-refractivity contribution in [2.24, 2.45) is 0 Å². The molecule has 1 heterocycles. The summed E-state index contributed by atoms with van der Waals surface area (Å²) in [6.45, 7) is 0.302. The topological polar surface area (TPSA) is 82.2 Å². The van der Waals surface area contributed by atoms with Crippen LogP contribution in [0.4, 0.5) is 0 Å². The number of amides is 1. The average Bonchev–Trinajstić information content (AvgIpc) is 2.73. The molecule has 3 N–H and O–H groups in total. The molecule has 0 saturated carbocycles. The lowest BCUT2D eigenvalue weighted by molar-refractivity contribution is -0.120. The zero-order valence-electron chi connectivity index (χ0n) is 9.47. The molecule has 2 rings (SSSR count). The van der Waals surface area contributed by atoms with E-state index >= 15 is 0 Å². The summed E-state index contributed by atoms with van der Waals surface area (Å²) in [7, 11) is 0. The molecule has 2 aromatic rings. The van der Waals surface area contributed by atoms with Crippen LogP contribution in [0, 0.1) is 0 Å². The van der Waals surface area contributed by atoms with Gasteiger partial charge < -0.3 is 15.4 Å². The van der Waals surface area contributed by atoms with E-state index in [1.165, 1.54) is 0 Å². The molecule has 0 unspecified atom stereocenters. The summed E-state index contributed by atoms with van der Waals surface area (Å²) in [5.74, 6) is -0.0184. The molecule has 0 aliphatic rings. The summed E-state index contributed by atoms with van der Waals surface area (Å²) in [5.41, 5.74) is 1.43. The second kappa shape index (κ2) is 5.50. The quantitative estimate of drug-likeness (QED) is 0.770. The number of aromatic hydroxyl groups is 1. The Labute approximate surface area is 107 Å². The maximum absolute atomic E-state index is 11.6. The fraction of sp³-hybridized carbons (Fsp3) is 0.167. The zero-order valence-corrected chi connectivity index (χ0v) is 10.3. The summed E-state index contributed by atoms with van der Waals surface area (Å²) < 4.78 is 0. The van der Waals surface area contributed by atoms with E-state index in [4.69, 9.17) is 0 Å². The van der Waals surface area contributed by atoms with E-state index < -0.39 is 0 Å². The molecule has 18 heavy (non-hydrogen) atoms. The van der Waals surface area contributed by atoms with Crippen molar-refractivity contribution in [3.05, 3.63) is 50.6 Å². The first-order valence-electron chi connectivity index (χ1n) is 5.35. The van der Waals surface area contributed by atoms with Crippen LogP contribution in [0.15, 0.2) is 34.4 Å². The molecule has 0 aliphatic carbocycles. The highest BCUT2D eigenvalue weighted by Gasteiger charge is 2.04. The van der Waals surface area contributed by atoms with Crippen LogP contribution in [0.2, 0.25) is 0 Å². The highest BCUT2D eigenvalue weighted by atomic mass is 32.1. The molecule has 1 amide bonds. The molecular weight excluding hydrogens is 252 g/mol. The van der Waals surface area contributed by atoms with Crippen LogP contribution in [-0.4, -0.2) is 16.0 Å². The second-order valence-corrected chi connectivity index (χ2v) is 4.64. The number of carbonyl (C=O) groups is 1. The number of hydrogen-bond acceptors (Lipinski definition) is 4. The van der Waals surface area contributed by atoms with Gasteiger partial charge in [0.25, 0.3) is 0 Å². The number of aromatic nitrogens is 1. The summed E-state index contributed by atoms with van der Waals surface area (Å²) in [4.78, 5) is 25.0. The number of phenolic OH excluding ortho intramolecular Hbond substituents is 1. The third-order valence-electron chi connectivity index (χ3n) is 2.32. The van der Waals surface area contributed by atoms with Gasteiger partial charge in [0, 0.05) is 11.1 Å². The van der Waals surface area contributed by atoms with E-state index in [1.807, 2.05) is 0 Å². The molecular formula is C12H12N2O3S. The monoisotopic (exact) mass is 264 g/mol. The van der Waals surface area contributed by atoms with Crippen molar-refractivity contribution in [2.45, 2.75) is 13.0 Å². The Morgan fingerprint density at radius 1 is 1.44 bits per heavy atom. The first kappa shape index (κ1) is 12.4. The smallest absolute Gasteiger partial charge is 0.304 e. The van der Waals surface area contributed by atoms with Crippen molar-refractivity contribution in [3.63, 3.8) is 0 Å². The van der Waals surface area contributed by atoms with E-state index in [2.05, 4.69) is 10.3 Å². The fourth-order valence-corrected chi connectivity index (χ4v) is 2.09. The van der Waals surface area contributed by atoms with Crippen molar-refractivity contribution in [1.82, 2.24) is 10.3 Å². The van der Waals surface area contributed by atoms with Crippen LogP contribution in [0.5, 0.6) is 5.75 Å². The second-order valence-electron chi connectivity index (χ2n) is 3.80. The van der Waals surface area contributed by atoms with Gasteiger partial charge in [-0.15, -0.1) is 0 Å². The normalized spacial score (nSPS) is 10.2. The van der Waals surface area contributed by atoms with Gasteiger partial charge in [0.1, 0.15) is 5.75 Å². The highest BCUT2D eigenvalue weighted by Crippen LogP contribution is 2.11. The summed E-state index contributed by atoms with van der Waals surface area (Å²) in [6.07, 6.45) is 0.197. The number of benzene rings is 1. The van der Waals surface area contributed by atoms with Gasteiger partial charge in [-0.1, -0.05) is 23.5 Å². The highest BCUT2D eigenvalue weighted by molar-refractivity contribution is 7.07. The van der Waals surface area contributed by atoms with Gasteiger partial charge in [0.2, 0.25) is 5.91 Å². The SMILES string of the molecule is O=C(Cc1cccc(O)c1)NCc1csc(=O)[nH]1. The first-order chi connectivity index (χ1) is 8.63. The lowest BCUT2D eigenvalue weighted by Gasteiger charge is -2.04. The van der Waals surface area contributed by atoms with E-state index in [9.17, 15) is 14.7 Å². The van der Waals surface area contributed by atoms with E-state index in [-0.39, 0.29) is 23.0 Å². The number of phenols is 1. The predicted octanol–water partition coefficient (Wildman–Crippen LogP) is 1.00. The largest absolute Gasteiger partial charge is 0.508 e. The van der Waals surface area contributed by atoms with Crippen LogP contribution >= 0.6 is 11.3 Å². The van der Waals surface area contributed by atoms with Crippen molar-refractivity contribution < 1.29 is 9.90 Å². The van der Waals surface area contributed by atoms with Gasteiger partial charge in [-0.3, -0.25) is 9.59 Å². The Bertz CT molecular complexity index is 603. The molecule has 0 spiro atoms. The summed E-state index contributed by atoms with van der Waals surface area (Å²) in [6, 6.07) is 6.56. The van der Waals surface area contributed by atoms with Crippen LogP contribution < -0.4 is 10.2 Å². The number of thiazole rings is 1. The number of nitrogens with one attached hydrogen (secondary N) is 2. The Balaban J connectivity index is 1.87. The van der Waals surface area contributed by atoms with Crippen molar-refractivity contribution in [3.8, 4) is 5.75 Å². The maximum Gasteiger partial charge on any atom is 0.304 e. The lowest BCUT2D eigenvalue weighted by Crippen LogP contribution is -2.24. The lowest BCUT2D eigenvalue weighted by atomic mass is 10.1. The molecule has 6 heteroatoms. The molecule has 1 aromatic carbocycles. The molecule has 0 atom stereocenters. The Morgan fingerprint density at radius 2 is 2.28 bits per heavy atom. The molecule has 0 saturated heterocycles. The molecule has 0 aliphatic heterocycles. The minimum atomic E-state index is -0.160. The van der Waals surface area contributed by atoms with E-state index in [0.29, 0.717) is 12.2 Å². The minimum Gasteiger partial charge on any atom is -0.508 e. The Hall–Kier alpha value is -2.08. The van der Waals surface area contributed by atoms with Crippen LogP contribution in [0.1, 0.15) is 11.3 Å². The number of aromatic amines is 1. The van der Waals surface area contributed by atoms with Gasteiger partial charge >= 0.3 is 4.87 Å². The molecule has 0 bridgehead atoms. The van der Waals surface area contributed by atoms with Gasteiger partial charge in [-0.05, 0) is 17.7 Å². The van der Waals surface area contributed by atoms with Crippen LogP contribution in [0.25, 0.3) is 0 Å². The molecule has 0 fully saturated rings. The summed E-state index contributed by atoms with van der Waals surface area (Å²) >= 11 is 1.07. The van der Waals surface area contributed by atoms with Gasteiger partial charge in [-0.25, -0.2) is 0 Å². The third-order valence-corrected chi connectivity index (χ3v) is 3.04. The molecule has 0 radical (unpaired) electrons. The number of carbonyl (C=O) groups excluding carboxylic acids is 1. The fourth-order valence-electron chi connectivity index (χ4n) is 1.51. The molecule has 94 valence electrons. The molecule has 5 nitrogen and oxygen atoms in total. The first-order valence-corrected chi connectivity index (χ1v) is 6.23. The van der Waals surface area contributed by atoms with E-state index in [0.717, 1.165) is 16.9 Å². The Morgan fingerprint density at radius 3 is 2.94 bits per heavy atom. The summed E-state index contributed by atoms with van der Waals surface area (Å²) in [5, 5.41) is 13.6. The van der Waals surface area contributed by atoms with Gasteiger partial charge in [0.05, 0.1) is 13.0 Å². The third kappa shape index (κ3) is 3.46. The minimum absolute atomic E-state index is 0.132. The average molecular weight is 264 g/mol. The van der Waals surface area contributed by atoms with Crippen molar-refractivity contribution >= 4 is 17.2 Å². The number of H-pyrrole nitrogens is 1. The zero-order chi connectivity index (χ0) is 13.0. The Kier molecular flexibility index (Phi) is 3.78. The van der Waals surface area contributed by atoms with Gasteiger partial charge in [0.15, 0.2) is 0 Å². The number of rotatable bonds is 4. The van der Waals surface area contributed by atoms with Gasteiger partial charge in [-0.2, -0.15) is 0 Å². The maximum atomic E-state index is 11.6. The van der Waals surface area contributed by atoms with Crippen molar-refractivity contribution in [2.75, 3.05) is 0 Å².